The van der Waals surface area contributed by atoms with E-state index in [1.807, 2.05) is 24.4 Å². The molecule has 1 aliphatic rings. The van der Waals surface area contributed by atoms with Gasteiger partial charge < -0.3 is 14.8 Å². The second-order valence-electron chi connectivity index (χ2n) is 5.84. The molecule has 1 aliphatic heterocycles. The van der Waals surface area contributed by atoms with E-state index in [0.29, 0.717) is 24.5 Å². The fraction of sp³-hybridized carbons (Fsp3) is 0.444. The van der Waals surface area contributed by atoms with Gasteiger partial charge in [-0.2, -0.15) is 0 Å². The number of rotatable bonds is 7. The molecular formula is C18H22N2O3S. The van der Waals surface area contributed by atoms with Gasteiger partial charge in [-0.1, -0.05) is 6.07 Å². The molecule has 1 amide bonds. The fourth-order valence-electron chi connectivity index (χ4n) is 2.62. The SMILES string of the molecule is Cc1nc(CCNC(=O)c2cccc(OC[C@H]3CCCO3)c2)cs1. The number of benzene rings is 1. The third kappa shape index (κ3) is 4.79. The van der Waals surface area contributed by atoms with E-state index in [0.717, 1.165) is 36.6 Å². The van der Waals surface area contributed by atoms with Crippen molar-refractivity contribution in [1.29, 1.82) is 0 Å². The minimum Gasteiger partial charge on any atom is -0.491 e. The topological polar surface area (TPSA) is 60.5 Å². The van der Waals surface area contributed by atoms with E-state index in [-0.39, 0.29) is 12.0 Å². The Morgan fingerprint density at radius 3 is 3.17 bits per heavy atom. The molecule has 2 heterocycles. The van der Waals surface area contributed by atoms with Crippen LogP contribution in [-0.2, 0) is 11.2 Å². The summed E-state index contributed by atoms with van der Waals surface area (Å²) in [5.74, 6) is 0.609. The molecule has 0 unspecified atom stereocenters. The van der Waals surface area contributed by atoms with Gasteiger partial charge >= 0.3 is 0 Å². The van der Waals surface area contributed by atoms with Gasteiger partial charge in [0.1, 0.15) is 12.4 Å². The molecule has 1 fully saturated rings. The lowest BCUT2D eigenvalue weighted by atomic mass is 10.2. The molecule has 1 aromatic heterocycles. The van der Waals surface area contributed by atoms with Gasteiger partial charge in [0.05, 0.1) is 16.8 Å². The third-order valence-corrected chi connectivity index (χ3v) is 4.71. The number of carbonyl (C=O) groups excluding carboxylic acids is 1. The maximum atomic E-state index is 12.2. The molecule has 0 spiro atoms. The number of ether oxygens (including phenoxy) is 2. The predicted molar refractivity (Wildman–Crippen MR) is 93.8 cm³/mol. The molecule has 2 aromatic rings. The largest absolute Gasteiger partial charge is 0.491 e. The second kappa shape index (κ2) is 8.26. The van der Waals surface area contributed by atoms with Crippen molar-refractivity contribution in [2.75, 3.05) is 19.8 Å². The molecule has 3 rings (SSSR count). The van der Waals surface area contributed by atoms with Gasteiger partial charge in [0.25, 0.3) is 5.91 Å². The normalized spacial score (nSPS) is 17.0. The summed E-state index contributed by atoms with van der Waals surface area (Å²) in [6.45, 7) is 3.90. The van der Waals surface area contributed by atoms with Crippen LogP contribution >= 0.6 is 11.3 Å². The Labute approximate surface area is 146 Å². The van der Waals surface area contributed by atoms with E-state index < -0.39 is 0 Å². The van der Waals surface area contributed by atoms with Crippen LogP contribution in [-0.4, -0.2) is 36.8 Å². The van der Waals surface area contributed by atoms with Crippen molar-refractivity contribution in [3.05, 3.63) is 45.9 Å². The number of hydrogen-bond donors (Lipinski definition) is 1. The average Bonchev–Trinajstić information content (AvgIpc) is 3.25. The monoisotopic (exact) mass is 346 g/mol. The highest BCUT2D eigenvalue weighted by Crippen LogP contribution is 2.17. The number of nitrogens with zero attached hydrogens (tertiary/aromatic N) is 1. The number of thiazole rings is 1. The molecule has 5 nitrogen and oxygen atoms in total. The quantitative estimate of drug-likeness (QED) is 0.837. The van der Waals surface area contributed by atoms with Crippen LogP contribution in [0.4, 0.5) is 0 Å². The van der Waals surface area contributed by atoms with Gasteiger partial charge in [-0.25, -0.2) is 4.98 Å². The Bertz CT molecular complexity index is 680. The van der Waals surface area contributed by atoms with Crippen LogP contribution < -0.4 is 10.1 Å². The smallest absolute Gasteiger partial charge is 0.251 e. The summed E-state index contributed by atoms with van der Waals surface area (Å²) in [6, 6.07) is 7.27. The van der Waals surface area contributed by atoms with Gasteiger partial charge in [-0.3, -0.25) is 4.79 Å². The van der Waals surface area contributed by atoms with Crippen LogP contribution in [0.1, 0.15) is 33.9 Å². The number of nitrogens with one attached hydrogen (secondary N) is 1. The molecule has 128 valence electrons. The zero-order valence-electron chi connectivity index (χ0n) is 13.8. The van der Waals surface area contributed by atoms with Crippen molar-refractivity contribution >= 4 is 17.2 Å². The molecule has 6 heteroatoms. The van der Waals surface area contributed by atoms with Crippen LogP contribution in [0.15, 0.2) is 29.6 Å². The first-order chi connectivity index (χ1) is 11.7. The fourth-order valence-corrected chi connectivity index (χ4v) is 3.27. The van der Waals surface area contributed by atoms with Crippen LogP contribution in [0.2, 0.25) is 0 Å². The summed E-state index contributed by atoms with van der Waals surface area (Å²) in [6.07, 6.45) is 3.04. The molecule has 1 aromatic carbocycles. The van der Waals surface area contributed by atoms with Crippen LogP contribution in [0.5, 0.6) is 5.75 Å². The Hall–Kier alpha value is -1.92. The summed E-state index contributed by atoms with van der Waals surface area (Å²) in [7, 11) is 0. The Morgan fingerprint density at radius 2 is 2.42 bits per heavy atom. The first kappa shape index (κ1) is 16.9. The standard InChI is InChI=1S/C18H22N2O3S/c1-13-20-15(12-24-13)7-8-19-18(21)14-4-2-5-16(10-14)23-11-17-6-3-9-22-17/h2,4-5,10,12,17H,3,6-9,11H2,1H3,(H,19,21)/t17-/m1/s1. The summed E-state index contributed by atoms with van der Waals surface area (Å²) in [5.41, 5.74) is 1.63. The van der Waals surface area contributed by atoms with E-state index in [9.17, 15) is 4.79 Å². The molecular weight excluding hydrogens is 324 g/mol. The lowest BCUT2D eigenvalue weighted by Gasteiger charge is -2.12. The van der Waals surface area contributed by atoms with Crippen molar-refractivity contribution in [3.8, 4) is 5.75 Å². The molecule has 0 bridgehead atoms. The van der Waals surface area contributed by atoms with E-state index >= 15 is 0 Å². The molecule has 24 heavy (non-hydrogen) atoms. The van der Waals surface area contributed by atoms with Crippen molar-refractivity contribution < 1.29 is 14.3 Å². The molecule has 0 aliphatic carbocycles. The van der Waals surface area contributed by atoms with E-state index in [1.54, 1.807) is 23.5 Å². The van der Waals surface area contributed by atoms with Gasteiger partial charge in [-0.15, -0.1) is 11.3 Å². The zero-order valence-corrected chi connectivity index (χ0v) is 14.6. The van der Waals surface area contributed by atoms with Crippen molar-refractivity contribution in [3.63, 3.8) is 0 Å². The lowest BCUT2D eigenvalue weighted by molar-refractivity contribution is 0.0679. The zero-order chi connectivity index (χ0) is 16.8. The highest BCUT2D eigenvalue weighted by Gasteiger charge is 2.16. The predicted octanol–water partition coefficient (Wildman–Crippen LogP) is 2.98. The van der Waals surface area contributed by atoms with Crippen LogP contribution in [0, 0.1) is 6.92 Å². The van der Waals surface area contributed by atoms with Gasteiger partial charge in [0, 0.05) is 30.5 Å². The summed E-state index contributed by atoms with van der Waals surface area (Å²) in [4.78, 5) is 16.6. The Balaban J connectivity index is 1.47. The van der Waals surface area contributed by atoms with E-state index in [4.69, 9.17) is 9.47 Å². The first-order valence-corrected chi connectivity index (χ1v) is 9.12. The minimum atomic E-state index is -0.0930. The van der Waals surface area contributed by atoms with Crippen LogP contribution in [0.3, 0.4) is 0 Å². The lowest BCUT2D eigenvalue weighted by Crippen LogP contribution is -2.25. The maximum absolute atomic E-state index is 12.2. The van der Waals surface area contributed by atoms with E-state index in [2.05, 4.69) is 10.3 Å². The summed E-state index contributed by atoms with van der Waals surface area (Å²) < 4.78 is 11.3. The summed E-state index contributed by atoms with van der Waals surface area (Å²) >= 11 is 1.63. The first-order valence-electron chi connectivity index (χ1n) is 8.24. The maximum Gasteiger partial charge on any atom is 0.251 e. The molecule has 1 saturated heterocycles. The molecule has 1 N–H and O–H groups in total. The highest BCUT2D eigenvalue weighted by molar-refractivity contribution is 7.09. The molecule has 1 atom stereocenters. The van der Waals surface area contributed by atoms with Crippen molar-refractivity contribution in [1.82, 2.24) is 10.3 Å². The number of amides is 1. The van der Waals surface area contributed by atoms with Crippen LogP contribution in [0.25, 0.3) is 0 Å². The minimum absolute atomic E-state index is 0.0930. The van der Waals surface area contributed by atoms with Crippen molar-refractivity contribution in [2.24, 2.45) is 0 Å². The highest BCUT2D eigenvalue weighted by atomic mass is 32.1. The number of aryl methyl sites for hydroxylation is 1. The van der Waals surface area contributed by atoms with Gasteiger partial charge in [0.15, 0.2) is 0 Å². The second-order valence-corrected chi connectivity index (χ2v) is 6.90. The number of carbonyl (C=O) groups is 1. The van der Waals surface area contributed by atoms with Crippen molar-refractivity contribution in [2.45, 2.75) is 32.3 Å². The van der Waals surface area contributed by atoms with Gasteiger partial charge in [-0.05, 0) is 38.0 Å². The number of aromatic nitrogens is 1. The van der Waals surface area contributed by atoms with E-state index in [1.165, 1.54) is 0 Å². The van der Waals surface area contributed by atoms with Gasteiger partial charge in [0.2, 0.25) is 0 Å². The molecule has 0 saturated carbocycles. The molecule has 0 radical (unpaired) electrons. The summed E-state index contributed by atoms with van der Waals surface area (Å²) in [5, 5.41) is 6.00. The third-order valence-electron chi connectivity index (χ3n) is 3.89. The Kier molecular flexibility index (Phi) is 5.82. The Morgan fingerprint density at radius 1 is 1.50 bits per heavy atom. The average molecular weight is 346 g/mol. The number of hydrogen-bond acceptors (Lipinski definition) is 5.